The molecule has 11 rings (SSSR count). The molecule has 0 aliphatic heterocycles. The van der Waals surface area contributed by atoms with Crippen LogP contribution < -0.4 is 0 Å². The lowest BCUT2D eigenvalue weighted by molar-refractivity contribution is 0.565. The van der Waals surface area contributed by atoms with Crippen molar-refractivity contribution in [3.8, 4) is 67.7 Å². The maximum Gasteiger partial charge on any atom is 0.164 e. The second-order valence-electron chi connectivity index (χ2n) is 15.8. The zero-order chi connectivity index (χ0) is 38.8. The number of fused-ring (bicyclic) bond motifs is 9. The molecule has 0 atom stereocenters. The minimum atomic E-state index is -0.487. The van der Waals surface area contributed by atoms with E-state index < -0.39 is 5.41 Å². The standard InChI is InChI=1S/C54H38N4/c1-53(2)45-29-12-13-30-46(45)54(43-27-10-8-23-39(43)40-24-9-11-28-44(40)54)47-31-17-26-41(49(47)53)38-22-6-7-25-42(38)52-57-50(35-18-4-3-5-19-35)56-51(58-52)37-21-16-20-36(34-37)48-32-14-15-33-55-48/h3-34H,1-2H3. The molecule has 274 valence electrons. The van der Waals surface area contributed by atoms with Gasteiger partial charge in [-0.05, 0) is 73.8 Å². The second-order valence-corrected chi connectivity index (χ2v) is 15.8. The largest absolute Gasteiger partial charge is 0.256 e. The first kappa shape index (κ1) is 34.0. The fourth-order valence-corrected chi connectivity index (χ4v) is 9.82. The molecule has 4 nitrogen and oxygen atoms in total. The van der Waals surface area contributed by atoms with Gasteiger partial charge in [-0.15, -0.1) is 0 Å². The quantitative estimate of drug-likeness (QED) is 0.176. The second kappa shape index (κ2) is 13.1. The van der Waals surface area contributed by atoms with Gasteiger partial charge in [0.25, 0.3) is 0 Å². The van der Waals surface area contributed by atoms with Gasteiger partial charge in [-0.2, -0.15) is 0 Å². The van der Waals surface area contributed by atoms with E-state index in [0.717, 1.165) is 33.5 Å². The van der Waals surface area contributed by atoms with E-state index in [1.807, 2.05) is 48.7 Å². The Labute approximate surface area is 338 Å². The van der Waals surface area contributed by atoms with Crippen molar-refractivity contribution >= 4 is 0 Å². The summed E-state index contributed by atoms with van der Waals surface area (Å²) in [7, 11) is 0. The molecule has 0 fully saturated rings. The van der Waals surface area contributed by atoms with Crippen molar-refractivity contribution in [2.24, 2.45) is 0 Å². The summed E-state index contributed by atoms with van der Waals surface area (Å²) in [5, 5.41) is 0. The van der Waals surface area contributed by atoms with E-state index in [2.05, 4.69) is 164 Å². The van der Waals surface area contributed by atoms with Crippen molar-refractivity contribution in [2.45, 2.75) is 24.7 Å². The third-order valence-electron chi connectivity index (χ3n) is 12.3. The summed E-state index contributed by atoms with van der Waals surface area (Å²) >= 11 is 0. The lowest BCUT2D eigenvalue weighted by Crippen LogP contribution is -2.41. The van der Waals surface area contributed by atoms with Crippen molar-refractivity contribution < 1.29 is 0 Å². The average molecular weight is 743 g/mol. The summed E-state index contributed by atoms with van der Waals surface area (Å²) in [5.74, 6) is 1.86. The van der Waals surface area contributed by atoms with Crippen molar-refractivity contribution in [3.05, 3.63) is 228 Å². The van der Waals surface area contributed by atoms with Crippen LogP contribution in [-0.4, -0.2) is 19.9 Å². The molecule has 9 aromatic rings. The molecule has 0 unspecified atom stereocenters. The van der Waals surface area contributed by atoms with Crippen LogP contribution in [0.5, 0.6) is 0 Å². The van der Waals surface area contributed by atoms with E-state index in [1.54, 1.807) is 0 Å². The van der Waals surface area contributed by atoms with Gasteiger partial charge in [0.15, 0.2) is 17.5 Å². The molecule has 7 aromatic carbocycles. The van der Waals surface area contributed by atoms with Crippen LogP contribution in [0.25, 0.3) is 67.7 Å². The van der Waals surface area contributed by atoms with Gasteiger partial charge >= 0.3 is 0 Å². The highest BCUT2D eigenvalue weighted by molar-refractivity contribution is 5.92. The van der Waals surface area contributed by atoms with Crippen LogP contribution >= 0.6 is 0 Å². The van der Waals surface area contributed by atoms with Crippen LogP contribution in [0.3, 0.4) is 0 Å². The third-order valence-corrected chi connectivity index (χ3v) is 12.3. The summed E-state index contributed by atoms with van der Waals surface area (Å²) in [6.07, 6.45) is 1.82. The van der Waals surface area contributed by atoms with Gasteiger partial charge in [-0.1, -0.05) is 184 Å². The normalized spacial score (nSPS) is 14.0. The number of nitrogens with zero attached hydrogens (tertiary/aromatic N) is 4. The average Bonchev–Trinajstić information content (AvgIpc) is 3.59. The van der Waals surface area contributed by atoms with E-state index in [0.29, 0.717) is 17.5 Å². The molecule has 2 aliphatic carbocycles. The van der Waals surface area contributed by atoms with Crippen LogP contribution in [0.4, 0.5) is 0 Å². The third kappa shape index (κ3) is 5.01. The molecule has 0 N–H and O–H groups in total. The SMILES string of the molecule is CC1(C)c2ccccc2C2(c3ccccc3-c3ccccc32)c2cccc(-c3ccccc3-c3nc(-c4ccccc4)nc(-c4cccc(-c5ccccn5)c4)n3)c21. The molecular weight excluding hydrogens is 705 g/mol. The van der Waals surface area contributed by atoms with Gasteiger partial charge in [0.2, 0.25) is 0 Å². The van der Waals surface area contributed by atoms with E-state index in [9.17, 15) is 0 Å². The maximum atomic E-state index is 5.29. The molecule has 4 heteroatoms. The summed E-state index contributed by atoms with van der Waals surface area (Å²) in [5.41, 5.74) is 16.7. The van der Waals surface area contributed by atoms with Crippen molar-refractivity contribution in [1.29, 1.82) is 0 Å². The zero-order valence-electron chi connectivity index (χ0n) is 32.3. The molecule has 2 heterocycles. The van der Waals surface area contributed by atoms with Crippen LogP contribution in [0.1, 0.15) is 47.2 Å². The number of aromatic nitrogens is 4. The highest BCUT2D eigenvalue weighted by atomic mass is 15.0. The van der Waals surface area contributed by atoms with Crippen molar-refractivity contribution in [1.82, 2.24) is 19.9 Å². The minimum absolute atomic E-state index is 0.335. The Morgan fingerprint density at radius 1 is 0.345 bits per heavy atom. The van der Waals surface area contributed by atoms with Gasteiger partial charge in [0.1, 0.15) is 0 Å². The summed E-state index contributed by atoms with van der Waals surface area (Å²) in [6, 6.07) is 67.1. The molecule has 0 saturated heterocycles. The molecule has 58 heavy (non-hydrogen) atoms. The van der Waals surface area contributed by atoms with Gasteiger partial charge in [-0.25, -0.2) is 15.0 Å². The summed E-state index contributed by atoms with van der Waals surface area (Å²) in [4.78, 5) is 20.3. The van der Waals surface area contributed by atoms with Gasteiger partial charge in [0.05, 0.1) is 11.1 Å². The number of hydrogen-bond donors (Lipinski definition) is 0. The topological polar surface area (TPSA) is 51.6 Å². The lowest BCUT2D eigenvalue weighted by Gasteiger charge is -2.47. The molecule has 1 spiro atoms. The Balaban J connectivity index is 1.17. The molecule has 0 saturated carbocycles. The highest BCUT2D eigenvalue weighted by Gasteiger charge is 2.53. The maximum absolute atomic E-state index is 5.29. The smallest absolute Gasteiger partial charge is 0.164 e. The van der Waals surface area contributed by atoms with Crippen LogP contribution in [-0.2, 0) is 10.8 Å². The Hall–Kier alpha value is -7.30. The Bertz CT molecular complexity index is 2990. The predicted octanol–water partition coefficient (Wildman–Crippen LogP) is 12.6. The fraction of sp³-hybridized carbons (Fsp3) is 0.0741. The number of benzene rings is 7. The Morgan fingerprint density at radius 2 is 0.845 bits per heavy atom. The molecule has 0 bridgehead atoms. The van der Waals surface area contributed by atoms with E-state index >= 15 is 0 Å². The van der Waals surface area contributed by atoms with Gasteiger partial charge < -0.3 is 0 Å². The molecule has 0 radical (unpaired) electrons. The van der Waals surface area contributed by atoms with Gasteiger partial charge in [-0.3, -0.25) is 4.98 Å². The number of rotatable bonds is 5. The molecule has 0 amide bonds. The van der Waals surface area contributed by atoms with E-state index in [4.69, 9.17) is 15.0 Å². The first-order valence-electron chi connectivity index (χ1n) is 19.9. The number of hydrogen-bond acceptors (Lipinski definition) is 4. The predicted molar refractivity (Wildman–Crippen MR) is 234 cm³/mol. The minimum Gasteiger partial charge on any atom is -0.256 e. The van der Waals surface area contributed by atoms with Crippen molar-refractivity contribution in [2.75, 3.05) is 0 Å². The van der Waals surface area contributed by atoms with Crippen LogP contribution in [0.15, 0.2) is 194 Å². The number of pyridine rings is 1. The fourth-order valence-electron chi connectivity index (χ4n) is 9.82. The van der Waals surface area contributed by atoms with E-state index in [-0.39, 0.29) is 5.41 Å². The monoisotopic (exact) mass is 742 g/mol. The van der Waals surface area contributed by atoms with E-state index in [1.165, 1.54) is 50.1 Å². The lowest BCUT2D eigenvalue weighted by atomic mass is 9.54. The Morgan fingerprint density at radius 3 is 1.55 bits per heavy atom. The zero-order valence-corrected chi connectivity index (χ0v) is 32.3. The summed E-state index contributed by atoms with van der Waals surface area (Å²) < 4.78 is 0. The molecular formula is C54H38N4. The molecule has 2 aliphatic rings. The van der Waals surface area contributed by atoms with Crippen LogP contribution in [0, 0.1) is 0 Å². The van der Waals surface area contributed by atoms with Crippen molar-refractivity contribution in [3.63, 3.8) is 0 Å². The molecule has 2 aromatic heterocycles. The first-order valence-corrected chi connectivity index (χ1v) is 19.9. The Kier molecular flexibility index (Phi) is 7.70. The van der Waals surface area contributed by atoms with Crippen LogP contribution in [0.2, 0.25) is 0 Å². The first-order chi connectivity index (χ1) is 28.5. The summed E-state index contributed by atoms with van der Waals surface area (Å²) in [6.45, 7) is 4.78. The van der Waals surface area contributed by atoms with Gasteiger partial charge in [0, 0.05) is 33.9 Å². The highest BCUT2D eigenvalue weighted by Crippen LogP contribution is 2.63.